The SMILES string of the molecule is Cc1nc(C(=O)Nc2sccc2C(=O)NC2CC2)nn1-c1ccc(F)cc1. The van der Waals surface area contributed by atoms with E-state index in [1.807, 2.05) is 0 Å². The van der Waals surface area contributed by atoms with Crippen molar-refractivity contribution in [2.24, 2.45) is 0 Å². The van der Waals surface area contributed by atoms with Gasteiger partial charge in [0.15, 0.2) is 0 Å². The van der Waals surface area contributed by atoms with Crippen LogP contribution < -0.4 is 10.6 Å². The van der Waals surface area contributed by atoms with Gasteiger partial charge in [-0.3, -0.25) is 9.59 Å². The zero-order valence-electron chi connectivity index (χ0n) is 14.4. The number of aryl methyl sites for hydroxylation is 1. The number of rotatable bonds is 5. The first-order valence-corrected chi connectivity index (χ1v) is 9.28. The van der Waals surface area contributed by atoms with Gasteiger partial charge in [0.05, 0.1) is 11.3 Å². The molecular formula is C18H16FN5O2S. The lowest BCUT2D eigenvalue weighted by Crippen LogP contribution is -2.26. The van der Waals surface area contributed by atoms with Crippen molar-refractivity contribution >= 4 is 28.2 Å². The number of thiophene rings is 1. The van der Waals surface area contributed by atoms with E-state index < -0.39 is 5.91 Å². The first-order chi connectivity index (χ1) is 13.0. The summed E-state index contributed by atoms with van der Waals surface area (Å²) >= 11 is 1.26. The van der Waals surface area contributed by atoms with E-state index in [0.29, 0.717) is 22.1 Å². The van der Waals surface area contributed by atoms with Crippen LogP contribution in [0.5, 0.6) is 0 Å². The van der Waals surface area contributed by atoms with Gasteiger partial charge in [-0.1, -0.05) is 0 Å². The van der Waals surface area contributed by atoms with Crippen molar-refractivity contribution < 1.29 is 14.0 Å². The summed E-state index contributed by atoms with van der Waals surface area (Å²) in [6.07, 6.45) is 1.98. The van der Waals surface area contributed by atoms with Crippen LogP contribution in [-0.4, -0.2) is 32.6 Å². The van der Waals surface area contributed by atoms with Crippen molar-refractivity contribution in [1.82, 2.24) is 20.1 Å². The summed E-state index contributed by atoms with van der Waals surface area (Å²) in [5.74, 6) is -0.607. The maximum atomic E-state index is 13.1. The number of nitrogens with zero attached hydrogens (tertiary/aromatic N) is 3. The molecule has 0 spiro atoms. The van der Waals surface area contributed by atoms with Gasteiger partial charge in [-0.25, -0.2) is 14.1 Å². The van der Waals surface area contributed by atoms with Crippen LogP contribution >= 0.6 is 11.3 Å². The van der Waals surface area contributed by atoms with Crippen molar-refractivity contribution in [3.8, 4) is 5.69 Å². The van der Waals surface area contributed by atoms with Gasteiger partial charge in [0.2, 0.25) is 5.82 Å². The van der Waals surface area contributed by atoms with Crippen LogP contribution in [0.2, 0.25) is 0 Å². The van der Waals surface area contributed by atoms with Gasteiger partial charge in [0.1, 0.15) is 16.6 Å². The molecular weight excluding hydrogens is 369 g/mol. The Kier molecular flexibility index (Phi) is 4.44. The van der Waals surface area contributed by atoms with E-state index in [4.69, 9.17) is 0 Å². The number of halogens is 1. The molecule has 2 heterocycles. The maximum Gasteiger partial charge on any atom is 0.295 e. The summed E-state index contributed by atoms with van der Waals surface area (Å²) in [5, 5.41) is 12.0. The third-order valence-electron chi connectivity index (χ3n) is 4.09. The van der Waals surface area contributed by atoms with Crippen LogP contribution in [0, 0.1) is 12.7 Å². The number of carbonyl (C=O) groups is 2. The lowest BCUT2D eigenvalue weighted by atomic mass is 10.3. The Morgan fingerprint density at radius 1 is 1.19 bits per heavy atom. The van der Waals surface area contributed by atoms with Crippen LogP contribution in [0.25, 0.3) is 5.69 Å². The highest BCUT2D eigenvalue weighted by atomic mass is 32.1. The van der Waals surface area contributed by atoms with Crippen LogP contribution in [0.4, 0.5) is 9.39 Å². The van der Waals surface area contributed by atoms with E-state index in [0.717, 1.165) is 12.8 Å². The molecule has 7 nitrogen and oxygen atoms in total. The molecule has 2 N–H and O–H groups in total. The van der Waals surface area contributed by atoms with E-state index in [-0.39, 0.29) is 23.6 Å². The summed E-state index contributed by atoms with van der Waals surface area (Å²) in [6.45, 7) is 1.70. The molecule has 138 valence electrons. The van der Waals surface area contributed by atoms with E-state index in [2.05, 4.69) is 20.7 Å². The van der Waals surface area contributed by atoms with Crippen molar-refractivity contribution in [3.63, 3.8) is 0 Å². The first-order valence-electron chi connectivity index (χ1n) is 8.40. The topological polar surface area (TPSA) is 88.9 Å². The third kappa shape index (κ3) is 3.72. The molecule has 2 amide bonds. The number of amides is 2. The summed E-state index contributed by atoms with van der Waals surface area (Å²) < 4.78 is 14.6. The van der Waals surface area contributed by atoms with Crippen LogP contribution in [0.1, 0.15) is 39.6 Å². The second-order valence-electron chi connectivity index (χ2n) is 6.24. The predicted molar refractivity (Wildman–Crippen MR) is 98.8 cm³/mol. The molecule has 0 aliphatic heterocycles. The smallest absolute Gasteiger partial charge is 0.295 e. The summed E-state index contributed by atoms with van der Waals surface area (Å²) in [4.78, 5) is 29.0. The number of carbonyl (C=O) groups excluding carboxylic acids is 2. The molecule has 0 bridgehead atoms. The van der Waals surface area contributed by atoms with Gasteiger partial charge >= 0.3 is 0 Å². The highest BCUT2D eigenvalue weighted by molar-refractivity contribution is 7.14. The second-order valence-corrected chi connectivity index (χ2v) is 7.15. The Bertz CT molecular complexity index is 1010. The zero-order valence-corrected chi connectivity index (χ0v) is 15.2. The number of anilines is 1. The molecule has 1 aromatic carbocycles. The lowest BCUT2D eigenvalue weighted by molar-refractivity contribution is 0.0952. The van der Waals surface area contributed by atoms with Gasteiger partial charge in [-0.05, 0) is 55.5 Å². The average molecular weight is 385 g/mol. The van der Waals surface area contributed by atoms with Gasteiger partial charge < -0.3 is 10.6 Å². The number of hydrogen-bond acceptors (Lipinski definition) is 5. The van der Waals surface area contributed by atoms with Gasteiger partial charge in [-0.15, -0.1) is 16.4 Å². The lowest BCUT2D eigenvalue weighted by Gasteiger charge is -2.05. The molecule has 3 aromatic rings. The molecule has 0 unspecified atom stereocenters. The number of benzene rings is 1. The van der Waals surface area contributed by atoms with Gasteiger partial charge in [-0.2, -0.15) is 0 Å². The molecule has 0 atom stereocenters. The normalized spacial score (nSPS) is 13.4. The summed E-state index contributed by atoms with van der Waals surface area (Å²) in [7, 11) is 0. The molecule has 27 heavy (non-hydrogen) atoms. The van der Waals surface area contributed by atoms with E-state index in [1.165, 1.54) is 28.2 Å². The Hall–Kier alpha value is -3.07. The molecule has 1 aliphatic carbocycles. The fourth-order valence-corrected chi connectivity index (χ4v) is 3.33. The number of nitrogens with one attached hydrogen (secondary N) is 2. The monoisotopic (exact) mass is 385 g/mol. The molecule has 0 radical (unpaired) electrons. The Morgan fingerprint density at radius 3 is 2.63 bits per heavy atom. The van der Waals surface area contributed by atoms with Crippen molar-refractivity contribution in [2.75, 3.05) is 5.32 Å². The fourth-order valence-electron chi connectivity index (χ4n) is 2.55. The molecule has 0 saturated heterocycles. The van der Waals surface area contributed by atoms with E-state index in [9.17, 15) is 14.0 Å². The molecule has 1 fully saturated rings. The zero-order chi connectivity index (χ0) is 19.0. The quantitative estimate of drug-likeness (QED) is 0.707. The average Bonchev–Trinajstić information content (AvgIpc) is 3.18. The third-order valence-corrected chi connectivity index (χ3v) is 4.92. The summed E-state index contributed by atoms with van der Waals surface area (Å²) in [5.41, 5.74) is 1.02. The Labute approximate surface area is 158 Å². The summed E-state index contributed by atoms with van der Waals surface area (Å²) in [6, 6.07) is 7.64. The first kappa shape index (κ1) is 17.3. The van der Waals surface area contributed by atoms with Crippen LogP contribution in [0.15, 0.2) is 35.7 Å². The molecule has 4 rings (SSSR count). The minimum Gasteiger partial charge on any atom is -0.349 e. The number of aromatic nitrogens is 3. The molecule has 1 saturated carbocycles. The second kappa shape index (κ2) is 6.92. The van der Waals surface area contributed by atoms with Crippen LogP contribution in [-0.2, 0) is 0 Å². The van der Waals surface area contributed by atoms with E-state index >= 15 is 0 Å². The number of hydrogen-bond donors (Lipinski definition) is 2. The van der Waals surface area contributed by atoms with Crippen molar-refractivity contribution in [1.29, 1.82) is 0 Å². The highest BCUT2D eigenvalue weighted by Crippen LogP contribution is 2.26. The largest absolute Gasteiger partial charge is 0.349 e. The Balaban J connectivity index is 1.52. The van der Waals surface area contributed by atoms with E-state index in [1.54, 1.807) is 30.5 Å². The van der Waals surface area contributed by atoms with Crippen LogP contribution in [0.3, 0.4) is 0 Å². The van der Waals surface area contributed by atoms with Gasteiger partial charge in [0, 0.05) is 6.04 Å². The minimum absolute atomic E-state index is 0.0289. The van der Waals surface area contributed by atoms with Gasteiger partial charge in [0.25, 0.3) is 11.8 Å². The van der Waals surface area contributed by atoms with Crippen molar-refractivity contribution in [2.45, 2.75) is 25.8 Å². The molecule has 9 heteroatoms. The molecule has 1 aliphatic rings. The maximum absolute atomic E-state index is 13.1. The Morgan fingerprint density at radius 2 is 1.93 bits per heavy atom. The highest BCUT2D eigenvalue weighted by Gasteiger charge is 2.26. The predicted octanol–water partition coefficient (Wildman–Crippen LogP) is 2.92. The standard InChI is InChI=1S/C18H16FN5O2S/c1-10-20-15(23-24(10)13-6-2-11(19)3-7-13)17(26)22-18-14(8-9-27-18)16(25)21-12-4-5-12/h2-3,6-9,12H,4-5H2,1H3,(H,21,25)(H,22,26). The minimum atomic E-state index is -0.512. The molecule has 2 aromatic heterocycles. The fraction of sp³-hybridized carbons (Fsp3) is 0.222. The van der Waals surface area contributed by atoms with Crippen molar-refractivity contribution in [3.05, 3.63) is 58.7 Å².